The Morgan fingerprint density at radius 3 is 2.67 bits per heavy atom. The number of hydrogen-bond acceptors (Lipinski definition) is 4. The number of para-hydroxylation sites is 1. The van der Waals surface area contributed by atoms with Gasteiger partial charge in [-0.3, -0.25) is 0 Å². The fraction of sp³-hybridized carbons (Fsp3) is 0.471. The molecule has 0 saturated carbocycles. The molecule has 1 aliphatic heterocycles. The Morgan fingerprint density at radius 2 is 1.90 bits per heavy atom. The molecule has 1 fully saturated rings. The summed E-state index contributed by atoms with van der Waals surface area (Å²) in [5, 5.41) is 4.70. The van der Waals surface area contributed by atoms with Crippen LogP contribution >= 0.6 is 0 Å². The molecule has 0 atom stereocenters. The van der Waals surface area contributed by atoms with Gasteiger partial charge in [-0.2, -0.15) is 0 Å². The van der Waals surface area contributed by atoms with Gasteiger partial charge in [0.2, 0.25) is 0 Å². The average molecular weight is 285 g/mol. The third-order valence-electron chi connectivity index (χ3n) is 4.57. The fourth-order valence-corrected chi connectivity index (χ4v) is 2.95. The predicted molar refractivity (Wildman–Crippen MR) is 86.7 cm³/mol. The lowest BCUT2D eigenvalue weighted by Crippen LogP contribution is -2.53. The van der Waals surface area contributed by atoms with E-state index in [0.717, 1.165) is 43.9 Å². The van der Waals surface area contributed by atoms with Crippen molar-refractivity contribution >= 4 is 16.7 Å². The third-order valence-corrected chi connectivity index (χ3v) is 4.57. The van der Waals surface area contributed by atoms with Crippen molar-refractivity contribution in [3.05, 3.63) is 36.4 Å². The van der Waals surface area contributed by atoms with Crippen LogP contribution in [0.2, 0.25) is 0 Å². The van der Waals surface area contributed by atoms with E-state index in [1.54, 1.807) is 0 Å². The van der Waals surface area contributed by atoms with Gasteiger partial charge in [0, 0.05) is 30.7 Å². The Kier molecular flexibility index (Phi) is 4.08. The van der Waals surface area contributed by atoms with Crippen LogP contribution < -0.4 is 5.32 Å². The van der Waals surface area contributed by atoms with Crippen LogP contribution in [-0.4, -0.2) is 49.3 Å². The highest BCUT2D eigenvalue weighted by Gasteiger charge is 2.34. The lowest BCUT2D eigenvalue weighted by Gasteiger charge is -2.43. The van der Waals surface area contributed by atoms with E-state index in [2.05, 4.69) is 53.6 Å². The van der Waals surface area contributed by atoms with E-state index in [1.165, 1.54) is 5.39 Å². The van der Waals surface area contributed by atoms with Crippen LogP contribution in [0.1, 0.15) is 12.8 Å². The van der Waals surface area contributed by atoms with Crippen LogP contribution in [0.3, 0.4) is 0 Å². The highest BCUT2D eigenvalue weighted by atomic mass is 16.5. The number of ether oxygens (including phenoxy) is 1. The summed E-state index contributed by atoms with van der Waals surface area (Å²) in [6.45, 7) is 2.57. The van der Waals surface area contributed by atoms with Crippen molar-refractivity contribution in [1.29, 1.82) is 0 Å². The quantitative estimate of drug-likeness (QED) is 0.937. The summed E-state index contributed by atoms with van der Waals surface area (Å²) in [5.41, 5.74) is 1.19. The zero-order valence-corrected chi connectivity index (χ0v) is 12.8. The van der Waals surface area contributed by atoms with Crippen molar-refractivity contribution in [2.75, 3.05) is 39.2 Å². The SMILES string of the molecule is CN(C)C1(CNc2ccc3ccccc3n2)CCOCC1. The number of benzene rings is 1. The molecule has 4 nitrogen and oxygen atoms in total. The van der Waals surface area contributed by atoms with E-state index >= 15 is 0 Å². The minimum absolute atomic E-state index is 0.158. The third kappa shape index (κ3) is 3.01. The summed E-state index contributed by atoms with van der Waals surface area (Å²) < 4.78 is 5.51. The highest BCUT2D eigenvalue weighted by molar-refractivity contribution is 5.80. The molecule has 1 aromatic carbocycles. The Bertz CT molecular complexity index is 606. The first-order valence-electron chi connectivity index (χ1n) is 7.54. The zero-order valence-electron chi connectivity index (χ0n) is 12.8. The van der Waals surface area contributed by atoms with E-state index in [-0.39, 0.29) is 5.54 Å². The standard InChI is InChI=1S/C17H23N3O/c1-20(2)17(9-11-21-12-10-17)13-18-16-8-7-14-5-3-4-6-15(14)19-16/h3-8H,9-13H2,1-2H3,(H,18,19). The van der Waals surface area contributed by atoms with Gasteiger partial charge in [-0.15, -0.1) is 0 Å². The molecule has 1 N–H and O–H groups in total. The van der Waals surface area contributed by atoms with Crippen molar-refractivity contribution in [3.63, 3.8) is 0 Å². The number of likely N-dealkylation sites (N-methyl/N-ethyl adjacent to an activating group) is 1. The number of fused-ring (bicyclic) bond motifs is 1. The predicted octanol–water partition coefficient (Wildman–Crippen LogP) is 2.76. The summed E-state index contributed by atoms with van der Waals surface area (Å²) >= 11 is 0. The Labute approximate surface area is 126 Å². The van der Waals surface area contributed by atoms with Gasteiger partial charge in [0.1, 0.15) is 5.82 Å². The average Bonchev–Trinajstić information content (AvgIpc) is 2.53. The van der Waals surface area contributed by atoms with Gasteiger partial charge in [0.05, 0.1) is 5.52 Å². The number of hydrogen-bond donors (Lipinski definition) is 1. The number of nitrogens with zero attached hydrogens (tertiary/aromatic N) is 2. The Morgan fingerprint density at radius 1 is 1.14 bits per heavy atom. The van der Waals surface area contributed by atoms with Crippen LogP contribution in [-0.2, 0) is 4.74 Å². The number of nitrogens with one attached hydrogen (secondary N) is 1. The van der Waals surface area contributed by atoms with Crippen LogP contribution in [0.5, 0.6) is 0 Å². The van der Waals surface area contributed by atoms with Gasteiger partial charge < -0.3 is 15.0 Å². The van der Waals surface area contributed by atoms with Crippen molar-refractivity contribution < 1.29 is 4.74 Å². The molecule has 0 spiro atoms. The maximum absolute atomic E-state index is 5.51. The Hall–Kier alpha value is -1.65. The van der Waals surface area contributed by atoms with Gasteiger partial charge in [-0.1, -0.05) is 18.2 Å². The number of aromatic nitrogens is 1. The molecule has 0 bridgehead atoms. The molecule has 21 heavy (non-hydrogen) atoms. The van der Waals surface area contributed by atoms with E-state index < -0.39 is 0 Å². The molecule has 0 radical (unpaired) electrons. The number of anilines is 1. The van der Waals surface area contributed by atoms with Crippen LogP contribution in [0.4, 0.5) is 5.82 Å². The molecule has 0 unspecified atom stereocenters. The van der Waals surface area contributed by atoms with Crippen LogP contribution in [0.15, 0.2) is 36.4 Å². The summed E-state index contributed by atoms with van der Waals surface area (Å²) in [6, 6.07) is 12.4. The van der Waals surface area contributed by atoms with Gasteiger partial charge in [-0.25, -0.2) is 4.98 Å². The van der Waals surface area contributed by atoms with Gasteiger partial charge in [0.25, 0.3) is 0 Å². The second-order valence-corrected chi connectivity index (χ2v) is 5.97. The number of rotatable bonds is 4. The van der Waals surface area contributed by atoms with Crippen LogP contribution in [0.25, 0.3) is 10.9 Å². The van der Waals surface area contributed by atoms with E-state index in [1.807, 2.05) is 12.1 Å². The molecular formula is C17H23N3O. The topological polar surface area (TPSA) is 37.4 Å². The second kappa shape index (κ2) is 6.00. The zero-order chi connectivity index (χ0) is 14.7. The number of pyridine rings is 1. The molecule has 0 amide bonds. The molecule has 1 saturated heterocycles. The van der Waals surface area contributed by atoms with Gasteiger partial charge >= 0.3 is 0 Å². The first kappa shape index (κ1) is 14.3. The van der Waals surface area contributed by atoms with Crippen LogP contribution in [0, 0.1) is 0 Å². The second-order valence-electron chi connectivity index (χ2n) is 5.97. The molecule has 3 rings (SSSR count). The molecule has 0 aliphatic carbocycles. The minimum Gasteiger partial charge on any atom is -0.381 e. The first-order valence-corrected chi connectivity index (χ1v) is 7.54. The minimum atomic E-state index is 0.158. The van der Waals surface area contributed by atoms with Gasteiger partial charge in [0.15, 0.2) is 0 Å². The fourth-order valence-electron chi connectivity index (χ4n) is 2.95. The molecule has 1 aromatic heterocycles. The first-order chi connectivity index (χ1) is 10.2. The molecular weight excluding hydrogens is 262 g/mol. The van der Waals surface area contributed by atoms with Crippen molar-refractivity contribution in [2.45, 2.75) is 18.4 Å². The van der Waals surface area contributed by atoms with E-state index in [9.17, 15) is 0 Å². The molecule has 4 heteroatoms. The van der Waals surface area contributed by atoms with Crippen molar-refractivity contribution in [1.82, 2.24) is 9.88 Å². The summed E-state index contributed by atoms with van der Waals surface area (Å²) in [6.07, 6.45) is 2.11. The maximum Gasteiger partial charge on any atom is 0.126 e. The lowest BCUT2D eigenvalue weighted by molar-refractivity contribution is -0.000661. The smallest absolute Gasteiger partial charge is 0.126 e. The molecule has 2 aromatic rings. The van der Waals surface area contributed by atoms with E-state index in [0.29, 0.717) is 0 Å². The summed E-state index contributed by atoms with van der Waals surface area (Å²) in [7, 11) is 4.31. The largest absolute Gasteiger partial charge is 0.381 e. The van der Waals surface area contributed by atoms with Gasteiger partial charge in [-0.05, 0) is 45.1 Å². The molecule has 1 aliphatic rings. The maximum atomic E-state index is 5.51. The summed E-state index contributed by atoms with van der Waals surface area (Å²) in [4.78, 5) is 7.01. The molecule has 112 valence electrons. The monoisotopic (exact) mass is 285 g/mol. The summed E-state index contributed by atoms with van der Waals surface area (Å²) in [5.74, 6) is 0.946. The highest BCUT2D eigenvalue weighted by Crippen LogP contribution is 2.26. The van der Waals surface area contributed by atoms with Crippen molar-refractivity contribution in [2.24, 2.45) is 0 Å². The van der Waals surface area contributed by atoms with Crippen molar-refractivity contribution in [3.8, 4) is 0 Å². The molecule has 2 heterocycles. The normalized spacial score (nSPS) is 18.0. The van der Waals surface area contributed by atoms with E-state index in [4.69, 9.17) is 4.74 Å². The lowest BCUT2D eigenvalue weighted by atomic mass is 9.88. The Balaban J connectivity index is 1.75.